The summed E-state index contributed by atoms with van der Waals surface area (Å²) in [5, 5.41) is 18.4. The van der Waals surface area contributed by atoms with Crippen LogP contribution in [0.3, 0.4) is 0 Å². The molecule has 2 aromatic heterocycles. The molecule has 0 aliphatic carbocycles. The third-order valence-corrected chi connectivity index (χ3v) is 2.44. The topological polar surface area (TPSA) is 110 Å². The lowest BCUT2D eigenvalue weighted by molar-refractivity contribution is -0.137. The molecule has 2 N–H and O–H groups in total. The average molecular weight is 275 g/mol. The number of hydrogen-bond acceptors (Lipinski definition) is 5. The molecule has 0 aromatic carbocycles. The summed E-state index contributed by atoms with van der Waals surface area (Å²) in [5.74, 6) is -1.48. The molecular formula is C12H13N5O3. The number of aromatic nitrogens is 4. The second kappa shape index (κ2) is 5.91. The Morgan fingerprint density at radius 3 is 2.90 bits per heavy atom. The Morgan fingerprint density at radius 1 is 1.40 bits per heavy atom. The molecule has 20 heavy (non-hydrogen) atoms. The molecule has 0 spiro atoms. The van der Waals surface area contributed by atoms with E-state index in [4.69, 9.17) is 5.11 Å². The van der Waals surface area contributed by atoms with Crippen LogP contribution >= 0.6 is 0 Å². The summed E-state index contributed by atoms with van der Waals surface area (Å²) in [6.07, 6.45) is 1.28. The molecule has 0 aliphatic rings. The van der Waals surface area contributed by atoms with E-state index in [0.717, 1.165) is 16.1 Å². The quantitative estimate of drug-likeness (QED) is 0.794. The predicted molar refractivity (Wildman–Crippen MR) is 67.8 cm³/mol. The molecule has 0 unspecified atom stereocenters. The van der Waals surface area contributed by atoms with Crippen LogP contribution in [0.25, 0.3) is 0 Å². The van der Waals surface area contributed by atoms with Crippen molar-refractivity contribution >= 4 is 11.9 Å². The van der Waals surface area contributed by atoms with E-state index in [1.165, 1.54) is 6.20 Å². The Hall–Kier alpha value is -2.77. The van der Waals surface area contributed by atoms with Crippen molar-refractivity contribution in [2.24, 2.45) is 0 Å². The van der Waals surface area contributed by atoms with Crippen LogP contribution in [0, 0.1) is 6.92 Å². The Kier molecular flexibility index (Phi) is 4.04. The summed E-state index contributed by atoms with van der Waals surface area (Å²) in [6.45, 7) is 1.80. The number of amides is 1. The first-order chi connectivity index (χ1) is 9.54. The number of hydrogen-bond donors (Lipinski definition) is 2. The third-order valence-electron chi connectivity index (χ3n) is 2.44. The van der Waals surface area contributed by atoms with Gasteiger partial charge >= 0.3 is 5.97 Å². The normalized spacial score (nSPS) is 10.2. The van der Waals surface area contributed by atoms with Gasteiger partial charge in [0.2, 0.25) is 0 Å². The van der Waals surface area contributed by atoms with Crippen molar-refractivity contribution in [3.8, 4) is 0 Å². The van der Waals surface area contributed by atoms with Gasteiger partial charge in [-0.05, 0) is 19.1 Å². The fourth-order valence-electron chi connectivity index (χ4n) is 1.58. The van der Waals surface area contributed by atoms with Gasteiger partial charge in [0.05, 0.1) is 18.4 Å². The van der Waals surface area contributed by atoms with Crippen molar-refractivity contribution in [3.63, 3.8) is 0 Å². The first-order valence-electron chi connectivity index (χ1n) is 5.87. The molecule has 8 nitrogen and oxygen atoms in total. The lowest BCUT2D eigenvalue weighted by Crippen LogP contribution is -2.23. The van der Waals surface area contributed by atoms with Crippen LogP contribution in [0.15, 0.2) is 24.4 Å². The highest BCUT2D eigenvalue weighted by atomic mass is 16.4. The number of carboxylic acid groups (broad SMARTS) is 1. The number of carboxylic acids is 1. The first-order valence-corrected chi connectivity index (χ1v) is 5.87. The minimum atomic E-state index is -1.05. The number of aliphatic carboxylic acids is 1. The summed E-state index contributed by atoms with van der Waals surface area (Å²) >= 11 is 0. The Labute approximate surface area is 114 Å². The van der Waals surface area contributed by atoms with Crippen LogP contribution in [0.1, 0.15) is 21.9 Å². The maximum absolute atomic E-state index is 11.8. The second-order valence-electron chi connectivity index (χ2n) is 4.15. The SMILES string of the molecule is Cc1cccc(CNC(=O)c2cn(CC(=O)O)nn2)n1. The highest BCUT2D eigenvalue weighted by Gasteiger charge is 2.11. The van der Waals surface area contributed by atoms with Gasteiger partial charge in [-0.2, -0.15) is 0 Å². The first kappa shape index (κ1) is 13.7. The van der Waals surface area contributed by atoms with Crippen LogP contribution in [-0.2, 0) is 17.9 Å². The fourth-order valence-corrected chi connectivity index (χ4v) is 1.58. The van der Waals surface area contributed by atoms with E-state index < -0.39 is 11.9 Å². The van der Waals surface area contributed by atoms with Crippen LogP contribution in [-0.4, -0.2) is 37.0 Å². The average Bonchev–Trinajstić information content (AvgIpc) is 2.84. The zero-order chi connectivity index (χ0) is 14.5. The molecule has 0 atom stereocenters. The van der Waals surface area contributed by atoms with E-state index in [9.17, 15) is 9.59 Å². The largest absolute Gasteiger partial charge is 0.480 e. The summed E-state index contributed by atoms with van der Waals surface area (Å²) in [6, 6.07) is 5.52. The standard InChI is InChI=1S/C12H13N5O3/c1-8-3-2-4-9(14-8)5-13-12(20)10-6-17(16-15-10)7-11(18)19/h2-4,6H,5,7H2,1H3,(H,13,20)(H,18,19). The number of aryl methyl sites for hydroxylation is 1. The number of nitrogens with one attached hydrogen (secondary N) is 1. The Morgan fingerprint density at radius 2 is 2.20 bits per heavy atom. The number of pyridine rings is 1. The van der Waals surface area contributed by atoms with Crippen LogP contribution in [0.5, 0.6) is 0 Å². The summed E-state index contributed by atoms with van der Waals surface area (Å²) < 4.78 is 1.09. The van der Waals surface area contributed by atoms with Gasteiger partial charge in [-0.1, -0.05) is 11.3 Å². The minimum absolute atomic E-state index is 0.0684. The van der Waals surface area contributed by atoms with Gasteiger partial charge in [0, 0.05) is 5.69 Å². The number of carbonyl (C=O) groups is 2. The Balaban J connectivity index is 1.95. The number of carbonyl (C=O) groups excluding carboxylic acids is 1. The summed E-state index contributed by atoms with van der Waals surface area (Å²) in [4.78, 5) is 26.5. The molecule has 0 saturated carbocycles. The van der Waals surface area contributed by atoms with Crippen molar-refractivity contribution in [1.82, 2.24) is 25.3 Å². The molecule has 2 rings (SSSR count). The molecule has 1 amide bonds. The van der Waals surface area contributed by atoms with Crippen molar-refractivity contribution in [1.29, 1.82) is 0 Å². The van der Waals surface area contributed by atoms with E-state index in [2.05, 4.69) is 20.6 Å². The predicted octanol–water partition coefficient (Wildman–Crippen LogP) is -0.00388. The zero-order valence-electron chi connectivity index (χ0n) is 10.8. The molecule has 0 bridgehead atoms. The van der Waals surface area contributed by atoms with Gasteiger partial charge < -0.3 is 10.4 Å². The van der Waals surface area contributed by atoms with Crippen molar-refractivity contribution < 1.29 is 14.7 Å². The van der Waals surface area contributed by atoms with E-state index in [0.29, 0.717) is 0 Å². The van der Waals surface area contributed by atoms with Gasteiger partial charge in [-0.25, -0.2) is 4.68 Å². The van der Waals surface area contributed by atoms with E-state index in [1.54, 1.807) is 6.07 Å². The van der Waals surface area contributed by atoms with E-state index in [-0.39, 0.29) is 18.8 Å². The highest BCUT2D eigenvalue weighted by Crippen LogP contribution is 1.99. The van der Waals surface area contributed by atoms with Gasteiger partial charge in [0.15, 0.2) is 5.69 Å². The van der Waals surface area contributed by atoms with Gasteiger partial charge in [0.1, 0.15) is 6.54 Å². The molecule has 104 valence electrons. The number of nitrogens with zero attached hydrogens (tertiary/aromatic N) is 4. The summed E-state index contributed by atoms with van der Waals surface area (Å²) in [5.41, 5.74) is 1.67. The molecule has 0 fully saturated rings. The van der Waals surface area contributed by atoms with Crippen molar-refractivity contribution in [2.75, 3.05) is 0 Å². The van der Waals surface area contributed by atoms with Gasteiger partial charge in [-0.15, -0.1) is 5.10 Å². The Bertz CT molecular complexity index is 638. The van der Waals surface area contributed by atoms with Gasteiger partial charge in [0.25, 0.3) is 5.91 Å². The zero-order valence-corrected chi connectivity index (χ0v) is 10.8. The molecule has 0 aliphatic heterocycles. The van der Waals surface area contributed by atoms with E-state index >= 15 is 0 Å². The van der Waals surface area contributed by atoms with Crippen molar-refractivity contribution in [2.45, 2.75) is 20.0 Å². The highest BCUT2D eigenvalue weighted by molar-refractivity contribution is 5.91. The maximum Gasteiger partial charge on any atom is 0.325 e. The van der Waals surface area contributed by atoms with E-state index in [1.807, 2.05) is 19.1 Å². The second-order valence-corrected chi connectivity index (χ2v) is 4.15. The molecule has 2 heterocycles. The third kappa shape index (κ3) is 3.61. The lowest BCUT2D eigenvalue weighted by Gasteiger charge is -2.03. The van der Waals surface area contributed by atoms with Crippen molar-refractivity contribution in [3.05, 3.63) is 41.5 Å². The molecule has 2 aromatic rings. The monoisotopic (exact) mass is 275 g/mol. The smallest absolute Gasteiger partial charge is 0.325 e. The maximum atomic E-state index is 11.8. The molecule has 0 saturated heterocycles. The lowest BCUT2D eigenvalue weighted by atomic mass is 10.3. The van der Waals surface area contributed by atoms with Crippen LogP contribution in [0.4, 0.5) is 0 Å². The summed E-state index contributed by atoms with van der Waals surface area (Å²) in [7, 11) is 0. The molecule has 8 heteroatoms. The molecule has 0 radical (unpaired) electrons. The minimum Gasteiger partial charge on any atom is -0.480 e. The fraction of sp³-hybridized carbons (Fsp3) is 0.250. The molecular weight excluding hydrogens is 262 g/mol. The number of rotatable bonds is 5. The van der Waals surface area contributed by atoms with Gasteiger partial charge in [-0.3, -0.25) is 14.6 Å². The van der Waals surface area contributed by atoms with Crippen LogP contribution in [0.2, 0.25) is 0 Å². The van der Waals surface area contributed by atoms with Crippen LogP contribution < -0.4 is 5.32 Å².